The van der Waals surface area contributed by atoms with Gasteiger partial charge in [-0.2, -0.15) is 0 Å². The zero-order chi connectivity index (χ0) is 17.6. The van der Waals surface area contributed by atoms with Crippen molar-refractivity contribution in [2.75, 3.05) is 0 Å². The van der Waals surface area contributed by atoms with E-state index < -0.39 is 17.4 Å². The highest BCUT2D eigenvalue weighted by atomic mass is 16.6. The summed E-state index contributed by atoms with van der Waals surface area (Å²) < 4.78 is 10.3. The van der Waals surface area contributed by atoms with Gasteiger partial charge in [-0.3, -0.25) is 9.59 Å². The molecule has 130 valence electrons. The summed E-state index contributed by atoms with van der Waals surface area (Å²) in [5.74, 6) is -1.59. The lowest BCUT2D eigenvalue weighted by molar-refractivity contribution is -0.150. The average Bonchev–Trinajstić information content (AvgIpc) is 2.37. The minimum Gasteiger partial charge on any atom is -0.463 e. The van der Waals surface area contributed by atoms with Crippen LogP contribution in [0.1, 0.15) is 60.3 Å². The minimum atomic E-state index is -0.793. The molecule has 0 unspecified atom stereocenters. The lowest BCUT2D eigenvalue weighted by Gasteiger charge is -2.26. The number of esters is 2. The Balaban J connectivity index is 2.57. The third-order valence-corrected chi connectivity index (χ3v) is 3.17. The second-order valence-corrected chi connectivity index (χ2v) is 6.61. The van der Waals surface area contributed by atoms with Crippen LogP contribution >= 0.6 is 0 Å². The predicted molar refractivity (Wildman–Crippen MR) is 82.9 cm³/mol. The van der Waals surface area contributed by atoms with E-state index in [1.807, 2.05) is 0 Å². The SMILES string of the molecule is CC(=O)OC1CCC(O/N=C(/C(C)=O)C(=O)OC(C)(C)C)CC1. The monoisotopic (exact) mass is 327 g/mol. The van der Waals surface area contributed by atoms with Crippen LogP contribution < -0.4 is 0 Å². The van der Waals surface area contributed by atoms with Crippen LogP contribution in [-0.4, -0.2) is 41.2 Å². The number of Topliss-reactive ketones (excluding diaryl/α,β-unsaturated/α-hetero) is 1. The molecule has 1 fully saturated rings. The topological polar surface area (TPSA) is 91.3 Å². The fourth-order valence-corrected chi connectivity index (χ4v) is 2.19. The highest BCUT2D eigenvalue weighted by Crippen LogP contribution is 2.24. The lowest BCUT2D eigenvalue weighted by Crippen LogP contribution is -2.33. The lowest BCUT2D eigenvalue weighted by atomic mass is 9.95. The van der Waals surface area contributed by atoms with Gasteiger partial charge in [-0.1, -0.05) is 5.16 Å². The van der Waals surface area contributed by atoms with Gasteiger partial charge in [-0.05, 0) is 46.5 Å². The Labute approximate surface area is 136 Å². The van der Waals surface area contributed by atoms with E-state index >= 15 is 0 Å². The van der Waals surface area contributed by atoms with Crippen molar-refractivity contribution in [3.05, 3.63) is 0 Å². The van der Waals surface area contributed by atoms with Crippen molar-refractivity contribution in [1.29, 1.82) is 0 Å². The van der Waals surface area contributed by atoms with E-state index in [-0.39, 0.29) is 23.9 Å². The Morgan fingerprint density at radius 3 is 1.91 bits per heavy atom. The van der Waals surface area contributed by atoms with Crippen molar-refractivity contribution in [2.24, 2.45) is 5.16 Å². The third kappa shape index (κ3) is 7.25. The molecule has 7 nitrogen and oxygen atoms in total. The van der Waals surface area contributed by atoms with Crippen LogP contribution in [0.5, 0.6) is 0 Å². The number of ketones is 1. The Hall–Kier alpha value is -1.92. The summed E-state index contributed by atoms with van der Waals surface area (Å²) in [5.41, 5.74) is -1.06. The van der Waals surface area contributed by atoms with Crippen molar-refractivity contribution in [3.8, 4) is 0 Å². The average molecular weight is 327 g/mol. The fourth-order valence-electron chi connectivity index (χ4n) is 2.19. The number of ether oxygens (including phenoxy) is 2. The molecule has 0 aliphatic heterocycles. The van der Waals surface area contributed by atoms with Crippen molar-refractivity contribution in [3.63, 3.8) is 0 Å². The number of carbonyl (C=O) groups excluding carboxylic acids is 3. The summed E-state index contributed by atoms with van der Waals surface area (Å²) in [6.45, 7) is 7.75. The molecule has 1 saturated carbocycles. The van der Waals surface area contributed by atoms with Crippen LogP contribution in [-0.2, 0) is 28.7 Å². The molecule has 7 heteroatoms. The van der Waals surface area contributed by atoms with Crippen molar-refractivity contribution >= 4 is 23.4 Å². The Kier molecular flexibility index (Phi) is 6.72. The Bertz CT molecular complexity index is 483. The molecule has 1 aliphatic carbocycles. The molecular weight excluding hydrogens is 302 g/mol. The van der Waals surface area contributed by atoms with Gasteiger partial charge in [0.1, 0.15) is 17.8 Å². The van der Waals surface area contributed by atoms with E-state index in [9.17, 15) is 14.4 Å². The summed E-state index contributed by atoms with van der Waals surface area (Å²) in [6, 6.07) is 0. The maximum atomic E-state index is 11.9. The molecule has 0 amide bonds. The molecule has 0 aromatic heterocycles. The molecule has 1 aliphatic rings. The molecule has 0 radical (unpaired) electrons. The van der Waals surface area contributed by atoms with E-state index in [4.69, 9.17) is 14.3 Å². The smallest absolute Gasteiger partial charge is 0.364 e. The second-order valence-electron chi connectivity index (χ2n) is 6.61. The number of rotatable bonds is 5. The van der Waals surface area contributed by atoms with Gasteiger partial charge in [0.2, 0.25) is 5.71 Å². The largest absolute Gasteiger partial charge is 0.463 e. The number of nitrogens with zero attached hydrogens (tertiary/aromatic N) is 1. The van der Waals surface area contributed by atoms with Gasteiger partial charge in [0.15, 0.2) is 5.78 Å². The first-order valence-electron chi connectivity index (χ1n) is 7.74. The van der Waals surface area contributed by atoms with E-state index in [0.717, 1.165) is 0 Å². The molecule has 0 saturated heterocycles. The normalized spacial score (nSPS) is 22.2. The summed E-state index contributed by atoms with van der Waals surface area (Å²) >= 11 is 0. The number of carbonyl (C=O) groups is 3. The van der Waals surface area contributed by atoms with Gasteiger partial charge in [0.05, 0.1) is 0 Å². The minimum absolute atomic E-state index is 0.102. The summed E-state index contributed by atoms with van der Waals surface area (Å²) in [4.78, 5) is 39.7. The molecule has 0 bridgehead atoms. The first-order chi connectivity index (χ1) is 10.6. The quantitative estimate of drug-likeness (QED) is 0.332. The van der Waals surface area contributed by atoms with E-state index in [0.29, 0.717) is 25.7 Å². The standard InChI is InChI=1S/C16H25NO6/c1-10(18)14(15(20)22-16(3,4)5)17-23-13-8-6-12(7-9-13)21-11(2)19/h12-13H,6-9H2,1-5H3/b17-14-. The van der Waals surface area contributed by atoms with Gasteiger partial charge in [0.25, 0.3) is 0 Å². The van der Waals surface area contributed by atoms with Crippen LogP contribution in [0.15, 0.2) is 5.16 Å². The van der Waals surface area contributed by atoms with Gasteiger partial charge in [-0.15, -0.1) is 0 Å². The maximum Gasteiger partial charge on any atom is 0.364 e. The number of hydrogen-bond donors (Lipinski definition) is 0. The summed E-state index contributed by atoms with van der Waals surface area (Å²) in [5, 5.41) is 3.70. The predicted octanol–water partition coefficient (Wildman–Crippen LogP) is 2.16. The molecule has 1 rings (SSSR count). The molecule has 23 heavy (non-hydrogen) atoms. The highest BCUT2D eigenvalue weighted by molar-refractivity contribution is 6.63. The van der Waals surface area contributed by atoms with Crippen LogP contribution in [0.3, 0.4) is 0 Å². The van der Waals surface area contributed by atoms with Crippen LogP contribution in [0, 0.1) is 0 Å². The van der Waals surface area contributed by atoms with E-state index in [2.05, 4.69) is 5.16 Å². The van der Waals surface area contributed by atoms with Crippen molar-refractivity contribution in [2.45, 2.75) is 78.1 Å². The van der Waals surface area contributed by atoms with E-state index in [1.165, 1.54) is 13.8 Å². The van der Waals surface area contributed by atoms with Crippen LogP contribution in [0.2, 0.25) is 0 Å². The Morgan fingerprint density at radius 1 is 0.957 bits per heavy atom. The first-order valence-corrected chi connectivity index (χ1v) is 7.74. The maximum absolute atomic E-state index is 11.9. The zero-order valence-electron chi connectivity index (χ0n) is 14.4. The zero-order valence-corrected chi connectivity index (χ0v) is 14.4. The summed E-state index contributed by atoms with van der Waals surface area (Å²) in [6.07, 6.45) is 2.30. The van der Waals surface area contributed by atoms with Crippen molar-refractivity contribution < 1.29 is 28.7 Å². The van der Waals surface area contributed by atoms with E-state index in [1.54, 1.807) is 20.8 Å². The van der Waals surface area contributed by atoms with Gasteiger partial charge < -0.3 is 14.3 Å². The van der Waals surface area contributed by atoms with Crippen LogP contribution in [0.25, 0.3) is 0 Å². The van der Waals surface area contributed by atoms with Gasteiger partial charge in [0, 0.05) is 13.8 Å². The highest BCUT2D eigenvalue weighted by Gasteiger charge is 2.27. The van der Waals surface area contributed by atoms with Gasteiger partial charge >= 0.3 is 11.9 Å². The number of oxime groups is 1. The second kappa shape index (κ2) is 8.08. The molecule has 0 heterocycles. The molecular formula is C16H25NO6. The van der Waals surface area contributed by atoms with Gasteiger partial charge in [-0.25, -0.2) is 4.79 Å². The fraction of sp³-hybridized carbons (Fsp3) is 0.750. The molecule has 0 aromatic carbocycles. The first kappa shape index (κ1) is 19.1. The third-order valence-electron chi connectivity index (χ3n) is 3.17. The molecule has 0 spiro atoms. The summed E-state index contributed by atoms with van der Waals surface area (Å²) in [7, 11) is 0. The van der Waals surface area contributed by atoms with Crippen molar-refractivity contribution in [1.82, 2.24) is 0 Å². The molecule has 0 N–H and O–H groups in total. The van der Waals surface area contributed by atoms with Crippen LogP contribution in [0.4, 0.5) is 0 Å². The molecule has 0 aromatic rings. The molecule has 0 atom stereocenters. The Morgan fingerprint density at radius 2 is 1.48 bits per heavy atom. The number of hydrogen-bond acceptors (Lipinski definition) is 7.